The number of carbonyl (C=O) groups is 2. The van der Waals surface area contributed by atoms with Gasteiger partial charge in [0.15, 0.2) is 0 Å². The van der Waals surface area contributed by atoms with Gasteiger partial charge in [0.2, 0.25) is 5.91 Å². The van der Waals surface area contributed by atoms with E-state index in [9.17, 15) is 32.9 Å². The van der Waals surface area contributed by atoms with Gasteiger partial charge in [-0.05, 0) is 43.2 Å². The fourth-order valence-electron chi connectivity index (χ4n) is 3.64. The lowest BCUT2D eigenvalue weighted by atomic mass is 9.95. The number of piperidine rings is 1. The standard InChI is InChI=1S/C22H23F3N4O4/c23-22(24,25)17-7-5-16(6-8-17)21(31)28-13-9-15(10-14-28)20(30)27-12-11-26-18-3-1-2-4-19(18)29(32)33/h1-8,15,26H,9-14H2,(H,27,30). The molecule has 1 saturated heterocycles. The van der Waals surface area contributed by atoms with Crippen LogP contribution in [0.1, 0.15) is 28.8 Å². The zero-order chi connectivity index (χ0) is 24.0. The fraction of sp³-hybridized carbons (Fsp3) is 0.364. The molecule has 0 saturated carbocycles. The first-order valence-electron chi connectivity index (χ1n) is 10.4. The van der Waals surface area contributed by atoms with E-state index in [0.717, 1.165) is 24.3 Å². The van der Waals surface area contributed by atoms with E-state index in [1.165, 1.54) is 11.0 Å². The molecular formula is C22H23F3N4O4. The number of alkyl halides is 3. The van der Waals surface area contributed by atoms with Crippen LogP contribution in [0, 0.1) is 16.0 Å². The topological polar surface area (TPSA) is 105 Å². The van der Waals surface area contributed by atoms with E-state index in [1.54, 1.807) is 18.2 Å². The molecule has 0 unspecified atom stereocenters. The van der Waals surface area contributed by atoms with Gasteiger partial charge >= 0.3 is 6.18 Å². The highest BCUT2D eigenvalue weighted by Gasteiger charge is 2.31. The maximum atomic E-state index is 12.7. The minimum absolute atomic E-state index is 0.0473. The monoisotopic (exact) mass is 464 g/mol. The fourth-order valence-corrected chi connectivity index (χ4v) is 3.64. The predicted molar refractivity (Wildman–Crippen MR) is 115 cm³/mol. The third-order valence-electron chi connectivity index (χ3n) is 5.45. The molecule has 1 aliphatic heterocycles. The molecule has 0 radical (unpaired) electrons. The lowest BCUT2D eigenvalue weighted by Gasteiger charge is -2.31. The number of anilines is 1. The number of hydrogen-bond acceptors (Lipinski definition) is 5. The number of amides is 2. The first-order chi connectivity index (χ1) is 15.7. The number of nitrogens with one attached hydrogen (secondary N) is 2. The van der Waals surface area contributed by atoms with Crippen molar-refractivity contribution in [2.75, 3.05) is 31.5 Å². The van der Waals surface area contributed by atoms with Gasteiger partial charge in [0.05, 0.1) is 10.5 Å². The Bertz CT molecular complexity index is 1000. The van der Waals surface area contributed by atoms with Gasteiger partial charge in [-0.25, -0.2) is 0 Å². The normalized spacial score (nSPS) is 14.6. The summed E-state index contributed by atoms with van der Waals surface area (Å²) in [7, 11) is 0. The quantitative estimate of drug-likeness (QED) is 0.370. The zero-order valence-corrected chi connectivity index (χ0v) is 17.6. The van der Waals surface area contributed by atoms with Gasteiger partial charge < -0.3 is 15.5 Å². The van der Waals surface area contributed by atoms with Crippen LogP contribution < -0.4 is 10.6 Å². The van der Waals surface area contributed by atoms with Gasteiger partial charge in [-0.3, -0.25) is 19.7 Å². The lowest BCUT2D eigenvalue weighted by Crippen LogP contribution is -2.43. The number of para-hydroxylation sites is 2. The molecule has 0 aromatic heterocycles. The summed E-state index contributed by atoms with van der Waals surface area (Å²) in [6.45, 7) is 1.23. The minimum atomic E-state index is -4.46. The largest absolute Gasteiger partial charge is 0.416 e. The first kappa shape index (κ1) is 24.0. The summed E-state index contributed by atoms with van der Waals surface area (Å²) in [4.78, 5) is 37.0. The number of nitro groups is 1. The predicted octanol–water partition coefficient (Wildman–Crippen LogP) is 3.69. The molecule has 33 heavy (non-hydrogen) atoms. The SMILES string of the molecule is O=C(NCCNc1ccccc1[N+](=O)[O-])C1CCN(C(=O)c2ccc(C(F)(F)F)cc2)CC1. The van der Waals surface area contributed by atoms with Crippen LogP contribution in [0.15, 0.2) is 48.5 Å². The minimum Gasteiger partial charge on any atom is -0.378 e. The first-order valence-corrected chi connectivity index (χ1v) is 10.4. The second kappa shape index (κ2) is 10.3. The Hall–Kier alpha value is -3.63. The van der Waals surface area contributed by atoms with Crippen LogP contribution in [0.2, 0.25) is 0 Å². The highest BCUT2D eigenvalue weighted by molar-refractivity contribution is 5.94. The Morgan fingerprint density at radius 2 is 1.67 bits per heavy atom. The van der Waals surface area contributed by atoms with Crippen LogP contribution in [0.5, 0.6) is 0 Å². The number of hydrogen-bond donors (Lipinski definition) is 2. The summed E-state index contributed by atoms with van der Waals surface area (Å²) >= 11 is 0. The molecule has 0 spiro atoms. The number of rotatable bonds is 7. The summed E-state index contributed by atoms with van der Waals surface area (Å²) in [5, 5.41) is 16.7. The van der Waals surface area contributed by atoms with Crippen LogP contribution in [-0.4, -0.2) is 47.8 Å². The third-order valence-corrected chi connectivity index (χ3v) is 5.45. The maximum Gasteiger partial charge on any atom is 0.416 e. The average Bonchev–Trinajstić information content (AvgIpc) is 2.81. The number of nitro benzene ring substituents is 1. The van der Waals surface area contributed by atoms with Gasteiger partial charge in [-0.1, -0.05) is 12.1 Å². The summed E-state index contributed by atoms with van der Waals surface area (Å²) in [5.74, 6) is -0.815. The Kier molecular flexibility index (Phi) is 7.52. The number of likely N-dealkylation sites (tertiary alicyclic amines) is 1. The Labute approximate surface area is 187 Å². The summed E-state index contributed by atoms with van der Waals surface area (Å²) in [5.41, 5.74) is -0.321. The summed E-state index contributed by atoms with van der Waals surface area (Å²) in [6.07, 6.45) is -3.58. The molecule has 1 fully saturated rings. The number of carbonyl (C=O) groups excluding carboxylic acids is 2. The van der Waals surface area contributed by atoms with Gasteiger partial charge in [-0.15, -0.1) is 0 Å². The number of benzene rings is 2. The average molecular weight is 464 g/mol. The summed E-state index contributed by atoms with van der Waals surface area (Å²) < 4.78 is 38.0. The number of halogens is 3. The van der Waals surface area contributed by atoms with Crippen LogP contribution >= 0.6 is 0 Å². The van der Waals surface area contributed by atoms with Gasteiger partial charge in [0, 0.05) is 43.7 Å². The molecule has 1 heterocycles. The van der Waals surface area contributed by atoms with Gasteiger partial charge in [0.25, 0.3) is 11.6 Å². The van der Waals surface area contributed by atoms with Crippen molar-refractivity contribution in [2.24, 2.45) is 5.92 Å². The molecular weight excluding hydrogens is 441 g/mol. The molecule has 2 aromatic carbocycles. The van der Waals surface area contributed by atoms with Crippen molar-refractivity contribution in [3.63, 3.8) is 0 Å². The van der Waals surface area contributed by atoms with E-state index in [4.69, 9.17) is 0 Å². The van der Waals surface area contributed by atoms with E-state index in [-0.39, 0.29) is 35.5 Å². The molecule has 11 heteroatoms. The zero-order valence-electron chi connectivity index (χ0n) is 17.6. The van der Waals surface area contributed by atoms with Gasteiger partial charge in [0.1, 0.15) is 5.69 Å². The third kappa shape index (κ3) is 6.21. The van der Waals surface area contributed by atoms with Crippen molar-refractivity contribution < 1.29 is 27.7 Å². The van der Waals surface area contributed by atoms with Crippen LogP contribution in [-0.2, 0) is 11.0 Å². The van der Waals surface area contributed by atoms with E-state index in [0.29, 0.717) is 38.2 Å². The Balaban J connectivity index is 1.42. The van der Waals surface area contributed by atoms with Gasteiger partial charge in [-0.2, -0.15) is 13.2 Å². The van der Waals surface area contributed by atoms with E-state index in [2.05, 4.69) is 10.6 Å². The van der Waals surface area contributed by atoms with Crippen molar-refractivity contribution in [3.05, 3.63) is 69.8 Å². The molecule has 8 nitrogen and oxygen atoms in total. The smallest absolute Gasteiger partial charge is 0.378 e. The van der Waals surface area contributed by atoms with Crippen molar-refractivity contribution in [3.8, 4) is 0 Å². The molecule has 2 amide bonds. The second-order valence-electron chi connectivity index (χ2n) is 7.63. The Morgan fingerprint density at radius 1 is 1.03 bits per heavy atom. The molecule has 0 aliphatic carbocycles. The van der Waals surface area contributed by atoms with E-state index in [1.807, 2.05) is 0 Å². The molecule has 1 aliphatic rings. The van der Waals surface area contributed by atoms with Crippen molar-refractivity contribution in [1.82, 2.24) is 10.2 Å². The van der Waals surface area contributed by atoms with Crippen LogP contribution in [0.3, 0.4) is 0 Å². The van der Waals surface area contributed by atoms with Crippen LogP contribution in [0.25, 0.3) is 0 Å². The Morgan fingerprint density at radius 3 is 2.27 bits per heavy atom. The molecule has 3 rings (SSSR count). The van der Waals surface area contributed by atoms with Crippen molar-refractivity contribution in [1.29, 1.82) is 0 Å². The van der Waals surface area contributed by atoms with Crippen molar-refractivity contribution >= 4 is 23.2 Å². The molecule has 2 N–H and O–H groups in total. The number of nitrogens with zero attached hydrogens (tertiary/aromatic N) is 2. The molecule has 176 valence electrons. The van der Waals surface area contributed by atoms with E-state index >= 15 is 0 Å². The molecule has 0 atom stereocenters. The van der Waals surface area contributed by atoms with E-state index < -0.39 is 16.7 Å². The summed E-state index contributed by atoms with van der Waals surface area (Å²) in [6, 6.07) is 10.3. The molecule has 2 aromatic rings. The highest BCUT2D eigenvalue weighted by Crippen LogP contribution is 2.29. The maximum absolute atomic E-state index is 12.7. The lowest BCUT2D eigenvalue weighted by molar-refractivity contribution is -0.384. The van der Waals surface area contributed by atoms with Crippen molar-refractivity contribution in [2.45, 2.75) is 19.0 Å². The second-order valence-corrected chi connectivity index (χ2v) is 7.63. The molecule has 0 bridgehead atoms. The van der Waals surface area contributed by atoms with Crippen LogP contribution in [0.4, 0.5) is 24.5 Å². The highest BCUT2D eigenvalue weighted by atomic mass is 19.4.